The van der Waals surface area contributed by atoms with Crippen LogP contribution in [0.3, 0.4) is 0 Å². The van der Waals surface area contributed by atoms with Gasteiger partial charge in [0.25, 0.3) is 0 Å². The average Bonchev–Trinajstić information content (AvgIpc) is 3.25. The Morgan fingerprint density at radius 2 is 2.20 bits per heavy atom. The number of nitrogens with one attached hydrogen (secondary N) is 1. The van der Waals surface area contributed by atoms with E-state index in [4.69, 9.17) is 10.2 Å². The summed E-state index contributed by atoms with van der Waals surface area (Å²) in [6.45, 7) is 6.78. The first kappa shape index (κ1) is 17.6. The van der Waals surface area contributed by atoms with Crippen LogP contribution in [0.15, 0.2) is 22.8 Å². The van der Waals surface area contributed by atoms with Gasteiger partial charge in [0.15, 0.2) is 0 Å². The second-order valence-corrected chi connectivity index (χ2v) is 7.29. The van der Waals surface area contributed by atoms with Crippen LogP contribution in [-0.2, 0) is 11.3 Å². The quantitative estimate of drug-likeness (QED) is 0.744. The Bertz CT molecular complexity index is 673. The van der Waals surface area contributed by atoms with E-state index in [0.29, 0.717) is 12.5 Å². The van der Waals surface area contributed by atoms with E-state index in [2.05, 4.69) is 29.4 Å². The molecular formula is C17H27N6O2+. The monoisotopic (exact) mass is 347 g/mol. The number of likely N-dealkylation sites (tertiary alicyclic amines) is 1. The maximum absolute atomic E-state index is 11.4. The minimum absolute atomic E-state index is 0.00237. The summed E-state index contributed by atoms with van der Waals surface area (Å²) in [5.74, 6) is 2.07. The van der Waals surface area contributed by atoms with Crippen LogP contribution in [-0.4, -0.2) is 39.2 Å². The second-order valence-electron chi connectivity index (χ2n) is 7.29. The molecule has 2 aromatic rings. The van der Waals surface area contributed by atoms with Gasteiger partial charge in [-0.2, -0.15) is 0 Å². The van der Waals surface area contributed by atoms with E-state index in [1.54, 1.807) is 6.26 Å². The number of amides is 1. The first-order valence-corrected chi connectivity index (χ1v) is 8.97. The predicted octanol–water partition coefficient (Wildman–Crippen LogP) is 0.182. The molecule has 3 heterocycles. The first-order chi connectivity index (χ1) is 12.0. The number of carbonyl (C=O) groups is 1. The Kier molecular flexibility index (Phi) is 5.47. The van der Waals surface area contributed by atoms with E-state index >= 15 is 0 Å². The van der Waals surface area contributed by atoms with Crippen molar-refractivity contribution in [2.45, 2.75) is 45.7 Å². The van der Waals surface area contributed by atoms with Gasteiger partial charge in [0, 0.05) is 25.2 Å². The molecule has 1 saturated heterocycles. The highest BCUT2D eigenvalue weighted by Gasteiger charge is 2.35. The Hall–Kier alpha value is -2.22. The molecule has 2 aromatic heterocycles. The summed E-state index contributed by atoms with van der Waals surface area (Å²) in [6, 6.07) is 4.00. The Morgan fingerprint density at radius 1 is 1.44 bits per heavy atom. The molecule has 0 aromatic carbocycles. The molecule has 136 valence electrons. The molecule has 1 fully saturated rings. The summed E-state index contributed by atoms with van der Waals surface area (Å²) in [7, 11) is 0. The molecule has 8 heteroatoms. The molecule has 1 atom stereocenters. The van der Waals surface area contributed by atoms with Gasteiger partial charge in [-0.3, -0.25) is 4.79 Å². The number of carbonyl (C=O) groups excluding carboxylic acids is 1. The fourth-order valence-corrected chi connectivity index (χ4v) is 3.67. The smallest absolute Gasteiger partial charge is 0.220 e. The van der Waals surface area contributed by atoms with Gasteiger partial charge in [0.2, 0.25) is 11.7 Å². The van der Waals surface area contributed by atoms with Crippen LogP contribution in [0.1, 0.15) is 50.7 Å². The number of hydrogen-bond donors (Lipinski definition) is 2. The average molecular weight is 347 g/mol. The minimum atomic E-state index is -0.179. The van der Waals surface area contributed by atoms with Crippen LogP contribution in [0, 0.1) is 11.8 Å². The number of quaternary nitrogens is 1. The van der Waals surface area contributed by atoms with Crippen molar-refractivity contribution in [3.05, 3.63) is 30.0 Å². The first-order valence-electron chi connectivity index (χ1n) is 8.97. The fourth-order valence-electron chi connectivity index (χ4n) is 3.67. The van der Waals surface area contributed by atoms with Gasteiger partial charge in [0.1, 0.15) is 18.3 Å². The maximum Gasteiger partial charge on any atom is 0.220 e. The van der Waals surface area contributed by atoms with E-state index in [-0.39, 0.29) is 17.9 Å². The number of nitrogens with two attached hydrogens (primary N) is 1. The molecule has 25 heavy (non-hydrogen) atoms. The lowest BCUT2D eigenvalue weighted by molar-refractivity contribution is -0.938. The topological polar surface area (TPSA) is 104 Å². The lowest BCUT2D eigenvalue weighted by atomic mass is 9.93. The number of nitrogens with zero attached hydrogens (tertiary/aromatic N) is 4. The maximum atomic E-state index is 11.4. The normalized spacial score (nSPS) is 22.2. The summed E-state index contributed by atoms with van der Waals surface area (Å²) in [5.41, 5.74) is 5.47. The van der Waals surface area contributed by atoms with Gasteiger partial charge in [0.05, 0.1) is 19.4 Å². The van der Waals surface area contributed by atoms with Crippen molar-refractivity contribution < 1.29 is 14.1 Å². The van der Waals surface area contributed by atoms with E-state index in [1.807, 2.05) is 16.8 Å². The van der Waals surface area contributed by atoms with Gasteiger partial charge < -0.3 is 15.1 Å². The van der Waals surface area contributed by atoms with Gasteiger partial charge in [-0.15, -0.1) is 5.10 Å². The number of hydrogen-bond acceptors (Lipinski definition) is 5. The summed E-state index contributed by atoms with van der Waals surface area (Å²) < 4.78 is 7.27. The molecule has 8 nitrogen and oxygen atoms in total. The van der Waals surface area contributed by atoms with Crippen LogP contribution >= 0.6 is 0 Å². The highest BCUT2D eigenvalue weighted by Crippen LogP contribution is 2.19. The van der Waals surface area contributed by atoms with Crippen molar-refractivity contribution in [2.75, 3.05) is 13.1 Å². The summed E-state index contributed by atoms with van der Waals surface area (Å²) in [4.78, 5) is 12.9. The van der Waals surface area contributed by atoms with E-state index in [9.17, 15) is 4.79 Å². The molecule has 0 aliphatic carbocycles. The highest BCUT2D eigenvalue weighted by molar-refractivity contribution is 5.76. The number of furan rings is 1. The van der Waals surface area contributed by atoms with Crippen molar-refractivity contribution in [1.82, 2.24) is 20.2 Å². The van der Waals surface area contributed by atoms with Crippen LogP contribution in [0.2, 0.25) is 0 Å². The van der Waals surface area contributed by atoms with E-state index in [1.165, 1.54) is 4.90 Å². The van der Waals surface area contributed by atoms with Crippen molar-refractivity contribution in [1.29, 1.82) is 0 Å². The van der Waals surface area contributed by atoms with Gasteiger partial charge in [-0.1, -0.05) is 13.8 Å². The number of rotatable bonds is 7. The molecule has 0 bridgehead atoms. The number of tetrazole rings is 1. The molecule has 3 rings (SSSR count). The molecule has 3 N–H and O–H groups in total. The molecule has 0 saturated carbocycles. The fraction of sp³-hybridized carbons (Fsp3) is 0.647. The zero-order valence-electron chi connectivity index (χ0n) is 14.9. The number of primary amides is 1. The number of aromatic nitrogens is 4. The molecule has 1 amide bonds. The van der Waals surface area contributed by atoms with Crippen molar-refractivity contribution in [3.63, 3.8) is 0 Å². The van der Waals surface area contributed by atoms with Crippen LogP contribution in [0.4, 0.5) is 0 Å². The molecule has 0 spiro atoms. The summed E-state index contributed by atoms with van der Waals surface area (Å²) >= 11 is 0. The van der Waals surface area contributed by atoms with Crippen molar-refractivity contribution >= 4 is 5.91 Å². The third kappa shape index (κ3) is 4.25. The molecular weight excluding hydrogens is 320 g/mol. The summed E-state index contributed by atoms with van der Waals surface area (Å²) in [6.07, 6.45) is 4.32. The van der Waals surface area contributed by atoms with Gasteiger partial charge in [-0.05, 0) is 28.5 Å². The zero-order valence-corrected chi connectivity index (χ0v) is 14.9. The molecule has 0 radical (unpaired) electrons. The lowest BCUT2D eigenvalue weighted by Gasteiger charge is -2.33. The predicted molar refractivity (Wildman–Crippen MR) is 90.4 cm³/mol. The van der Waals surface area contributed by atoms with Crippen LogP contribution in [0.5, 0.6) is 0 Å². The Labute approximate surface area is 147 Å². The Balaban J connectivity index is 1.77. The summed E-state index contributed by atoms with van der Waals surface area (Å²) in [5, 5.41) is 12.4. The molecule has 1 aliphatic rings. The van der Waals surface area contributed by atoms with Crippen molar-refractivity contribution in [2.24, 2.45) is 17.6 Å². The Morgan fingerprint density at radius 3 is 2.80 bits per heavy atom. The third-order valence-corrected chi connectivity index (χ3v) is 4.99. The van der Waals surface area contributed by atoms with Gasteiger partial charge >= 0.3 is 0 Å². The minimum Gasteiger partial charge on any atom is -0.467 e. The SMILES string of the molecule is CC(C)C[C@H](c1nnnn1Cc1ccco1)[NH+]1CCC(C(N)=O)CC1. The zero-order chi connectivity index (χ0) is 17.8. The number of piperidine rings is 1. The lowest BCUT2D eigenvalue weighted by Crippen LogP contribution is -3.13. The highest BCUT2D eigenvalue weighted by atomic mass is 16.3. The van der Waals surface area contributed by atoms with Crippen molar-refractivity contribution in [3.8, 4) is 0 Å². The van der Waals surface area contributed by atoms with Crippen LogP contribution < -0.4 is 10.6 Å². The standard InChI is InChI=1S/C17H26N6O2/c1-12(2)10-15(22-7-5-13(6-8-22)16(18)24)17-19-20-21-23(17)11-14-4-3-9-25-14/h3-4,9,12-13,15H,5-8,10-11H2,1-2H3,(H2,18,24)/p+1/t15-/m1/s1. The van der Waals surface area contributed by atoms with E-state index in [0.717, 1.165) is 43.9 Å². The molecule has 1 aliphatic heterocycles. The second kappa shape index (κ2) is 7.77. The van der Waals surface area contributed by atoms with Crippen LogP contribution in [0.25, 0.3) is 0 Å². The van der Waals surface area contributed by atoms with E-state index < -0.39 is 0 Å². The largest absolute Gasteiger partial charge is 0.467 e. The molecule has 0 unspecified atom stereocenters. The van der Waals surface area contributed by atoms with Gasteiger partial charge in [-0.25, -0.2) is 4.68 Å². The third-order valence-electron chi connectivity index (χ3n) is 4.99.